The van der Waals surface area contributed by atoms with Gasteiger partial charge in [0.15, 0.2) is 0 Å². The molecule has 3 heterocycles. The Hall–Kier alpha value is -3.87. The summed E-state index contributed by atoms with van der Waals surface area (Å²) in [5, 5.41) is 7.60. The third-order valence-electron chi connectivity index (χ3n) is 6.41. The smallest absolute Gasteiger partial charge is 0.254 e. The number of pyridine rings is 1. The minimum atomic E-state index is -0.102. The van der Waals surface area contributed by atoms with Crippen molar-refractivity contribution in [3.63, 3.8) is 0 Å². The number of benzene rings is 1. The molecule has 0 bridgehead atoms. The molecule has 164 valence electrons. The Kier molecular flexibility index (Phi) is 4.94. The van der Waals surface area contributed by atoms with Gasteiger partial charge in [-0.2, -0.15) is 5.10 Å². The van der Waals surface area contributed by atoms with E-state index in [4.69, 9.17) is 4.98 Å². The Labute approximate surface area is 191 Å². The third-order valence-corrected chi connectivity index (χ3v) is 6.41. The Balaban J connectivity index is 1.29. The van der Waals surface area contributed by atoms with Crippen molar-refractivity contribution in [2.75, 3.05) is 6.54 Å². The number of aryl methyl sites for hydroxylation is 2. The van der Waals surface area contributed by atoms with E-state index in [1.807, 2.05) is 30.6 Å². The molecule has 4 aromatic rings. The highest BCUT2D eigenvalue weighted by Gasteiger charge is 2.34. The predicted octanol–water partition coefficient (Wildman–Crippen LogP) is 3.67. The zero-order valence-corrected chi connectivity index (χ0v) is 18.2. The molecule has 0 saturated heterocycles. The van der Waals surface area contributed by atoms with E-state index in [9.17, 15) is 4.79 Å². The molecule has 7 nitrogen and oxygen atoms in total. The summed E-state index contributed by atoms with van der Waals surface area (Å²) in [5.41, 5.74) is 7.23. The first-order chi connectivity index (χ1) is 16.3. The van der Waals surface area contributed by atoms with Crippen LogP contribution in [0.15, 0.2) is 61.2 Å². The Morgan fingerprint density at radius 1 is 1.03 bits per heavy atom. The molecule has 1 amide bonds. The zero-order chi connectivity index (χ0) is 22.2. The molecule has 1 saturated carbocycles. The van der Waals surface area contributed by atoms with Crippen molar-refractivity contribution < 1.29 is 4.79 Å². The molecule has 1 N–H and O–H groups in total. The summed E-state index contributed by atoms with van der Waals surface area (Å²) < 4.78 is 1.77. The van der Waals surface area contributed by atoms with Crippen LogP contribution in [0.3, 0.4) is 0 Å². The molecule has 2 aliphatic carbocycles. The quantitative estimate of drug-likeness (QED) is 0.498. The molecule has 1 fully saturated rings. The Bertz CT molecular complexity index is 1330. The second kappa shape index (κ2) is 8.24. The number of amides is 1. The third kappa shape index (κ3) is 3.80. The van der Waals surface area contributed by atoms with Crippen molar-refractivity contribution in [3.05, 3.63) is 89.1 Å². The van der Waals surface area contributed by atoms with Crippen molar-refractivity contribution in [1.82, 2.24) is 30.0 Å². The minimum absolute atomic E-state index is 0.102. The molecule has 0 aliphatic heterocycles. The summed E-state index contributed by atoms with van der Waals surface area (Å²) in [7, 11) is 0. The molecule has 0 radical (unpaired) electrons. The lowest BCUT2D eigenvalue weighted by molar-refractivity contribution is 0.0953. The monoisotopic (exact) mass is 436 g/mol. The fourth-order valence-corrected chi connectivity index (χ4v) is 4.56. The maximum atomic E-state index is 13.0. The van der Waals surface area contributed by atoms with Crippen LogP contribution >= 0.6 is 0 Å². The summed E-state index contributed by atoms with van der Waals surface area (Å²) in [6.07, 6.45) is 11.9. The average Bonchev–Trinajstić information content (AvgIpc) is 3.61. The van der Waals surface area contributed by atoms with Gasteiger partial charge in [-0.3, -0.25) is 9.78 Å². The molecule has 3 aromatic heterocycles. The number of carbonyl (C=O) groups is 1. The summed E-state index contributed by atoms with van der Waals surface area (Å²) in [6, 6.07) is 12.3. The molecule has 33 heavy (non-hydrogen) atoms. The summed E-state index contributed by atoms with van der Waals surface area (Å²) >= 11 is 0. The van der Waals surface area contributed by atoms with Crippen LogP contribution in [0.4, 0.5) is 0 Å². The van der Waals surface area contributed by atoms with Crippen LogP contribution in [0.2, 0.25) is 0 Å². The van der Waals surface area contributed by atoms with Crippen molar-refractivity contribution >= 4 is 5.91 Å². The van der Waals surface area contributed by atoms with Crippen LogP contribution in [0.5, 0.6) is 0 Å². The molecule has 6 rings (SSSR count). The fourth-order valence-electron chi connectivity index (χ4n) is 4.56. The first kappa shape index (κ1) is 19.8. The highest BCUT2D eigenvalue weighted by atomic mass is 16.1. The van der Waals surface area contributed by atoms with Crippen LogP contribution in [-0.2, 0) is 19.3 Å². The van der Waals surface area contributed by atoms with Gasteiger partial charge < -0.3 is 5.32 Å². The fraction of sp³-hybridized carbons (Fsp3) is 0.269. The highest BCUT2D eigenvalue weighted by Crippen LogP contribution is 2.42. The van der Waals surface area contributed by atoms with E-state index < -0.39 is 0 Å². The van der Waals surface area contributed by atoms with Crippen molar-refractivity contribution in [3.8, 4) is 17.2 Å². The first-order valence-corrected chi connectivity index (χ1v) is 11.5. The van der Waals surface area contributed by atoms with E-state index >= 15 is 0 Å². The van der Waals surface area contributed by atoms with Gasteiger partial charge in [0.05, 0.1) is 23.1 Å². The van der Waals surface area contributed by atoms with Gasteiger partial charge in [0, 0.05) is 36.6 Å². The number of hydrogen-bond acceptors (Lipinski definition) is 5. The van der Waals surface area contributed by atoms with E-state index in [0.29, 0.717) is 24.0 Å². The van der Waals surface area contributed by atoms with E-state index in [0.717, 1.165) is 60.2 Å². The van der Waals surface area contributed by atoms with Gasteiger partial charge in [-0.05, 0) is 54.9 Å². The first-order valence-electron chi connectivity index (χ1n) is 11.5. The largest absolute Gasteiger partial charge is 0.352 e. The molecule has 0 unspecified atom stereocenters. The maximum absolute atomic E-state index is 13.0. The molecular formula is C26H24N6O. The second-order valence-electron chi connectivity index (χ2n) is 8.70. The van der Waals surface area contributed by atoms with Gasteiger partial charge >= 0.3 is 0 Å². The molecule has 0 spiro atoms. The molecule has 2 aliphatic rings. The number of aromatic nitrogens is 5. The highest BCUT2D eigenvalue weighted by molar-refractivity contribution is 5.95. The molecule has 7 heteroatoms. The Morgan fingerprint density at radius 2 is 1.91 bits per heavy atom. The molecule has 1 aromatic carbocycles. The van der Waals surface area contributed by atoms with E-state index in [1.165, 1.54) is 5.56 Å². The minimum Gasteiger partial charge on any atom is -0.352 e. The Morgan fingerprint density at radius 3 is 2.76 bits per heavy atom. The van der Waals surface area contributed by atoms with Crippen molar-refractivity contribution in [1.29, 1.82) is 0 Å². The van der Waals surface area contributed by atoms with Crippen molar-refractivity contribution in [2.24, 2.45) is 0 Å². The summed E-state index contributed by atoms with van der Waals surface area (Å²) in [6.45, 7) is 0.548. The van der Waals surface area contributed by atoms with Crippen LogP contribution in [0.25, 0.3) is 17.2 Å². The van der Waals surface area contributed by atoms with Gasteiger partial charge in [0.2, 0.25) is 0 Å². The second-order valence-corrected chi connectivity index (χ2v) is 8.70. The molecular weight excluding hydrogens is 412 g/mol. The molecule has 0 atom stereocenters. The van der Waals surface area contributed by atoms with E-state index in [-0.39, 0.29) is 5.91 Å². The van der Waals surface area contributed by atoms with Crippen LogP contribution in [-0.4, -0.2) is 37.2 Å². The lowest BCUT2D eigenvalue weighted by Crippen LogP contribution is -2.26. The lowest BCUT2D eigenvalue weighted by Gasteiger charge is -2.19. The van der Waals surface area contributed by atoms with Crippen molar-refractivity contribution in [2.45, 2.75) is 38.0 Å². The summed E-state index contributed by atoms with van der Waals surface area (Å²) in [5.74, 6) is 0.746. The van der Waals surface area contributed by atoms with Crippen LogP contribution in [0, 0.1) is 0 Å². The SMILES string of the molecule is O=C(NCCc1cccnc1)c1cnn(-c2ncc3c(n2)-c2ccccc2CC3)c1C1CC1. The van der Waals surface area contributed by atoms with Crippen LogP contribution < -0.4 is 5.32 Å². The number of rotatable bonds is 6. The predicted molar refractivity (Wildman–Crippen MR) is 124 cm³/mol. The zero-order valence-electron chi connectivity index (χ0n) is 18.2. The van der Waals surface area contributed by atoms with Gasteiger partial charge in [-0.25, -0.2) is 14.6 Å². The number of carbonyl (C=O) groups excluding carboxylic acids is 1. The maximum Gasteiger partial charge on any atom is 0.254 e. The van der Waals surface area contributed by atoms with Gasteiger partial charge in [0.25, 0.3) is 11.9 Å². The van der Waals surface area contributed by atoms with Crippen LogP contribution in [0.1, 0.15) is 51.5 Å². The summed E-state index contributed by atoms with van der Waals surface area (Å²) in [4.78, 5) is 26.7. The standard InChI is InChI=1S/C26H24N6O/c33-25(28-13-11-17-4-3-12-27-14-17)22-16-30-32(24(22)19-8-9-19)26-29-15-20-10-7-18-5-1-2-6-21(18)23(20)31-26/h1-6,12,14-16,19H,7-11,13H2,(H,28,33). The van der Waals surface area contributed by atoms with E-state index in [1.54, 1.807) is 17.1 Å². The van der Waals surface area contributed by atoms with Gasteiger partial charge in [-0.1, -0.05) is 30.3 Å². The lowest BCUT2D eigenvalue weighted by atomic mass is 9.90. The van der Waals surface area contributed by atoms with Gasteiger partial charge in [-0.15, -0.1) is 0 Å². The normalized spacial score (nSPS) is 14.4. The number of fused-ring (bicyclic) bond motifs is 3. The van der Waals surface area contributed by atoms with Gasteiger partial charge in [0.1, 0.15) is 0 Å². The van der Waals surface area contributed by atoms with E-state index in [2.05, 4.69) is 38.6 Å². The topological polar surface area (TPSA) is 85.6 Å². The number of nitrogens with zero attached hydrogens (tertiary/aromatic N) is 5. The average molecular weight is 437 g/mol. The number of nitrogens with one attached hydrogen (secondary N) is 1. The number of hydrogen-bond donors (Lipinski definition) is 1.